The zero-order chi connectivity index (χ0) is 13.3. The van der Waals surface area contributed by atoms with E-state index < -0.39 is 11.6 Å². The Morgan fingerprint density at radius 3 is 2.42 bits per heavy atom. The number of benzene rings is 1. The minimum absolute atomic E-state index is 0.1000. The summed E-state index contributed by atoms with van der Waals surface area (Å²) in [7, 11) is 0. The number of halogens is 2. The Morgan fingerprint density at radius 1 is 1.16 bits per heavy atom. The zero-order valence-corrected chi connectivity index (χ0v) is 10.8. The Labute approximate surface area is 111 Å². The van der Waals surface area contributed by atoms with Crippen LogP contribution >= 0.6 is 0 Å². The highest BCUT2D eigenvalue weighted by molar-refractivity contribution is 6.01. The summed E-state index contributed by atoms with van der Waals surface area (Å²) in [5.74, 6) is 0.367. The molecule has 0 saturated heterocycles. The van der Waals surface area contributed by atoms with E-state index in [0.717, 1.165) is 0 Å². The second kappa shape index (κ2) is 3.65. The molecule has 0 spiro atoms. The van der Waals surface area contributed by atoms with Crippen LogP contribution in [0.15, 0.2) is 12.1 Å². The molecule has 0 aliphatic heterocycles. The highest BCUT2D eigenvalue weighted by Gasteiger charge is 2.67. The summed E-state index contributed by atoms with van der Waals surface area (Å²) in [6.07, 6.45) is 3.64. The van der Waals surface area contributed by atoms with Gasteiger partial charge in [0.2, 0.25) is 0 Å². The van der Waals surface area contributed by atoms with E-state index in [1.165, 1.54) is 31.4 Å². The van der Waals surface area contributed by atoms with E-state index in [1.54, 1.807) is 6.92 Å². The van der Waals surface area contributed by atoms with Gasteiger partial charge in [0.25, 0.3) is 0 Å². The highest BCUT2D eigenvalue weighted by atomic mass is 19.1. The third-order valence-electron chi connectivity index (χ3n) is 5.57. The van der Waals surface area contributed by atoms with Gasteiger partial charge in [-0.2, -0.15) is 0 Å². The number of rotatable bonds is 2. The molecule has 0 amide bonds. The number of carbonyl (C=O) groups excluding carboxylic acids is 1. The van der Waals surface area contributed by atoms with Crippen LogP contribution in [-0.2, 0) is 0 Å². The third-order valence-corrected chi connectivity index (χ3v) is 5.57. The average molecular weight is 262 g/mol. The lowest BCUT2D eigenvalue weighted by molar-refractivity contribution is 0.0936. The summed E-state index contributed by atoms with van der Waals surface area (Å²) in [6, 6.07) is 2.59. The van der Waals surface area contributed by atoms with Crippen molar-refractivity contribution in [3.63, 3.8) is 0 Å². The van der Waals surface area contributed by atoms with Crippen molar-refractivity contribution in [3.05, 3.63) is 34.9 Å². The molecule has 3 aliphatic carbocycles. The minimum atomic E-state index is -0.703. The van der Waals surface area contributed by atoms with Crippen LogP contribution in [0.5, 0.6) is 0 Å². The van der Waals surface area contributed by atoms with Crippen molar-refractivity contribution in [2.24, 2.45) is 29.6 Å². The van der Waals surface area contributed by atoms with Crippen molar-refractivity contribution in [1.29, 1.82) is 0 Å². The molecule has 4 unspecified atom stereocenters. The molecule has 0 radical (unpaired) electrons. The van der Waals surface area contributed by atoms with Crippen LogP contribution in [0.2, 0.25) is 0 Å². The topological polar surface area (TPSA) is 17.1 Å². The third kappa shape index (κ3) is 1.41. The minimum Gasteiger partial charge on any atom is -0.294 e. The molecular weight excluding hydrogens is 246 g/mol. The monoisotopic (exact) mass is 262 g/mol. The first-order valence-electron chi connectivity index (χ1n) is 7.08. The number of fused-ring (bicyclic) bond motifs is 5. The van der Waals surface area contributed by atoms with Gasteiger partial charge < -0.3 is 0 Å². The summed E-state index contributed by atoms with van der Waals surface area (Å²) < 4.78 is 27.8. The lowest BCUT2D eigenvalue weighted by Gasteiger charge is -2.10. The number of hydrogen-bond acceptors (Lipinski definition) is 1. The molecule has 4 rings (SSSR count). The van der Waals surface area contributed by atoms with Gasteiger partial charge in [-0.3, -0.25) is 4.79 Å². The Bertz CT molecular complexity index is 564. The van der Waals surface area contributed by atoms with Gasteiger partial charge in [0.05, 0.1) is 5.56 Å². The first kappa shape index (κ1) is 11.6. The molecule has 100 valence electrons. The second-order valence-corrected chi connectivity index (χ2v) is 6.43. The summed E-state index contributed by atoms with van der Waals surface area (Å²) in [4.78, 5) is 12.5. The molecule has 0 N–H and O–H groups in total. The first-order chi connectivity index (χ1) is 9.09. The van der Waals surface area contributed by atoms with E-state index in [2.05, 4.69) is 0 Å². The quantitative estimate of drug-likeness (QED) is 0.742. The Morgan fingerprint density at radius 2 is 1.79 bits per heavy atom. The fourth-order valence-corrected chi connectivity index (χ4v) is 4.72. The van der Waals surface area contributed by atoms with E-state index in [9.17, 15) is 13.6 Å². The lowest BCUT2D eigenvalue weighted by atomic mass is 9.95. The number of aryl methyl sites for hydroxylation is 1. The van der Waals surface area contributed by atoms with E-state index in [1.807, 2.05) is 0 Å². The molecule has 3 aliphatic rings. The van der Waals surface area contributed by atoms with Crippen LogP contribution in [0, 0.1) is 48.1 Å². The molecule has 3 heteroatoms. The predicted octanol–water partition coefficient (Wildman–Crippen LogP) is 3.75. The average Bonchev–Trinajstić information content (AvgIpc) is 2.83. The fourth-order valence-electron chi connectivity index (χ4n) is 4.72. The van der Waals surface area contributed by atoms with Crippen LogP contribution in [0.4, 0.5) is 8.78 Å². The second-order valence-electron chi connectivity index (χ2n) is 6.43. The maximum absolute atomic E-state index is 14.0. The van der Waals surface area contributed by atoms with Crippen molar-refractivity contribution < 1.29 is 13.6 Å². The van der Waals surface area contributed by atoms with Gasteiger partial charge in [-0.05, 0) is 61.5 Å². The van der Waals surface area contributed by atoms with E-state index in [0.29, 0.717) is 29.2 Å². The Kier molecular flexibility index (Phi) is 2.22. The van der Waals surface area contributed by atoms with Crippen LogP contribution in [0.1, 0.15) is 35.2 Å². The summed E-state index contributed by atoms with van der Waals surface area (Å²) in [5.41, 5.74) is 0.0531. The van der Waals surface area contributed by atoms with Crippen molar-refractivity contribution >= 4 is 5.78 Å². The molecule has 19 heavy (non-hydrogen) atoms. The number of hydrogen-bond donors (Lipinski definition) is 0. The molecule has 3 fully saturated rings. The molecule has 1 aromatic carbocycles. The molecule has 0 heterocycles. The van der Waals surface area contributed by atoms with E-state index >= 15 is 0 Å². The normalized spacial score (nSPS) is 38.4. The Hall–Kier alpha value is -1.25. The maximum atomic E-state index is 14.0. The molecule has 2 bridgehead atoms. The van der Waals surface area contributed by atoms with E-state index in [-0.39, 0.29) is 17.3 Å². The fraction of sp³-hybridized carbons (Fsp3) is 0.562. The molecular formula is C16H16F2O. The van der Waals surface area contributed by atoms with Gasteiger partial charge in [0.1, 0.15) is 11.6 Å². The smallest absolute Gasteiger partial charge is 0.172 e. The first-order valence-corrected chi connectivity index (χ1v) is 7.08. The van der Waals surface area contributed by atoms with Crippen molar-refractivity contribution in [1.82, 2.24) is 0 Å². The van der Waals surface area contributed by atoms with Crippen molar-refractivity contribution in [3.8, 4) is 0 Å². The number of ketones is 1. The molecule has 0 aromatic heterocycles. The van der Waals surface area contributed by atoms with Crippen LogP contribution in [0.3, 0.4) is 0 Å². The van der Waals surface area contributed by atoms with Crippen LogP contribution < -0.4 is 0 Å². The molecule has 3 saturated carbocycles. The van der Waals surface area contributed by atoms with Crippen molar-refractivity contribution in [2.75, 3.05) is 0 Å². The van der Waals surface area contributed by atoms with Gasteiger partial charge in [0, 0.05) is 5.92 Å². The summed E-state index contributed by atoms with van der Waals surface area (Å²) in [6.45, 7) is 1.57. The summed E-state index contributed by atoms with van der Waals surface area (Å²) >= 11 is 0. The summed E-state index contributed by atoms with van der Waals surface area (Å²) in [5, 5.41) is 0. The standard InChI is InChI=1S/C16H16F2O/c1-7-2-5-10(17)13(15(7)18)16(19)14-11-8-3-4-9(6-8)12(11)14/h2,5,8-9,11-12,14H,3-4,6H2,1H3. The zero-order valence-electron chi connectivity index (χ0n) is 10.8. The largest absolute Gasteiger partial charge is 0.294 e. The van der Waals surface area contributed by atoms with Gasteiger partial charge >= 0.3 is 0 Å². The SMILES string of the molecule is Cc1ccc(F)c(C(=O)C2C3C4CCC(C4)C23)c1F. The van der Waals surface area contributed by atoms with Gasteiger partial charge in [-0.1, -0.05) is 6.07 Å². The molecule has 1 aromatic rings. The number of Topliss-reactive ketones (excluding diaryl/α,β-unsaturated/α-hetero) is 1. The highest BCUT2D eigenvalue weighted by Crippen LogP contribution is 2.70. The van der Waals surface area contributed by atoms with Gasteiger partial charge in [0.15, 0.2) is 5.78 Å². The van der Waals surface area contributed by atoms with Crippen molar-refractivity contribution in [2.45, 2.75) is 26.2 Å². The molecule has 1 nitrogen and oxygen atoms in total. The van der Waals surface area contributed by atoms with Gasteiger partial charge in [-0.25, -0.2) is 8.78 Å². The van der Waals surface area contributed by atoms with Crippen LogP contribution in [0.25, 0.3) is 0 Å². The molecule has 4 atom stereocenters. The lowest BCUT2D eigenvalue weighted by Crippen LogP contribution is -2.14. The maximum Gasteiger partial charge on any atom is 0.172 e. The van der Waals surface area contributed by atoms with E-state index in [4.69, 9.17) is 0 Å². The predicted molar refractivity (Wildman–Crippen MR) is 66.7 cm³/mol. The number of carbonyl (C=O) groups is 1. The Balaban J connectivity index is 1.68. The van der Waals surface area contributed by atoms with Crippen LogP contribution in [-0.4, -0.2) is 5.78 Å². The van der Waals surface area contributed by atoms with Gasteiger partial charge in [-0.15, -0.1) is 0 Å².